The molecular formula is C12H10BrClNS. The van der Waals surface area contributed by atoms with Gasteiger partial charge < -0.3 is 4.90 Å². The van der Waals surface area contributed by atoms with Crippen LogP contribution in [-0.2, 0) is 6.54 Å². The number of hydrogen-bond acceptors (Lipinski definition) is 2. The summed E-state index contributed by atoms with van der Waals surface area (Å²) in [6, 6.07) is 13.1. The molecule has 0 aliphatic heterocycles. The highest BCUT2D eigenvalue weighted by Crippen LogP contribution is 2.25. The zero-order chi connectivity index (χ0) is 11.5. The second kappa shape index (κ2) is 5.21. The topological polar surface area (TPSA) is 3.24 Å². The molecule has 83 valence electrons. The van der Waals surface area contributed by atoms with Crippen molar-refractivity contribution in [3.8, 4) is 0 Å². The molecule has 2 rings (SSSR count). The molecule has 0 amide bonds. The molecule has 0 saturated carbocycles. The summed E-state index contributed by atoms with van der Waals surface area (Å²) >= 11 is 10.9. The number of thiophene rings is 1. The fourth-order valence-electron chi connectivity index (χ4n) is 1.43. The third-order valence-corrected chi connectivity index (χ3v) is 3.89. The Morgan fingerprint density at radius 3 is 2.88 bits per heavy atom. The zero-order valence-electron chi connectivity index (χ0n) is 8.71. The van der Waals surface area contributed by atoms with Crippen LogP contribution in [0.25, 0.3) is 0 Å². The van der Waals surface area contributed by atoms with E-state index >= 15 is 0 Å². The predicted molar refractivity (Wildman–Crippen MR) is 74.4 cm³/mol. The molecule has 0 fully saturated rings. The summed E-state index contributed by atoms with van der Waals surface area (Å²) in [5, 5.41) is 0. The molecule has 1 radical (unpaired) electrons. The molecule has 0 unspecified atom stereocenters. The molecule has 2 aromatic rings. The van der Waals surface area contributed by atoms with E-state index in [-0.39, 0.29) is 0 Å². The van der Waals surface area contributed by atoms with Crippen molar-refractivity contribution in [2.24, 2.45) is 0 Å². The lowest BCUT2D eigenvalue weighted by Crippen LogP contribution is -2.15. The number of nitrogens with zero attached hydrogens (tertiary/aromatic N) is 1. The minimum atomic E-state index is 0.839. The van der Waals surface area contributed by atoms with Crippen LogP contribution in [0.4, 0.5) is 5.69 Å². The van der Waals surface area contributed by atoms with Gasteiger partial charge in [0.25, 0.3) is 0 Å². The molecule has 0 saturated heterocycles. The molecule has 1 aromatic carbocycles. The Kier molecular flexibility index (Phi) is 3.90. The molecule has 1 nitrogen and oxygen atoms in total. The van der Waals surface area contributed by atoms with E-state index in [1.807, 2.05) is 18.2 Å². The van der Waals surface area contributed by atoms with Crippen LogP contribution in [0.2, 0.25) is 4.34 Å². The standard InChI is InChI=1S/C12H10BrClNS/c1-15(8-11-5-6-12(14)16-11)10-4-2-3-9(13)7-10/h2,4-7H,8H2,1H3. The van der Waals surface area contributed by atoms with E-state index in [2.05, 4.69) is 46.1 Å². The molecule has 16 heavy (non-hydrogen) atoms. The molecule has 4 heteroatoms. The molecule has 0 atom stereocenters. The molecule has 0 N–H and O–H groups in total. The first kappa shape index (κ1) is 12.0. The normalized spacial score (nSPS) is 10.4. The minimum Gasteiger partial charge on any atom is -0.369 e. The maximum atomic E-state index is 5.90. The van der Waals surface area contributed by atoms with Gasteiger partial charge in [0.05, 0.1) is 10.9 Å². The summed E-state index contributed by atoms with van der Waals surface area (Å²) in [4.78, 5) is 3.44. The number of anilines is 1. The first-order valence-electron chi connectivity index (χ1n) is 4.78. The first-order valence-corrected chi connectivity index (χ1v) is 6.76. The van der Waals surface area contributed by atoms with E-state index in [9.17, 15) is 0 Å². The Balaban J connectivity index is 2.11. The second-order valence-corrected chi connectivity index (χ2v) is 6.11. The molecule has 1 heterocycles. The number of rotatable bonds is 3. The van der Waals surface area contributed by atoms with E-state index < -0.39 is 0 Å². The summed E-state index contributed by atoms with van der Waals surface area (Å²) in [7, 11) is 2.06. The van der Waals surface area contributed by atoms with Gasteiger partial charge in [0.1, 0.15) is 0 Å². The van der Waals surface area contributed by atoms with Crippen LogP contribution in [0.5, 0.6) is 0 Å². The summed E-state index contributed by atoms with van der Waals surface area (Å²) in [5.74, 6) is 0. The smallest absolute Gasteiger partial charge is 0.0931 e. The van der Waals surface area contributed by atoms with Crippen molar-refractivity contribution in [2.45, 2.75) is 6.54 Å². The van der Waals surface area contributed by atoms with Crippen molar-refractivity contribution in [1.82, 2.24) is 0 Å². The Morgan fingerprint density at radius 2 is 2.25 bits per heavy atom. The molecule has 0 spiro atoms. The van der Waals surface area contributed by atoms with Gasteiger partial charge in [-0.15, -0.1) is 11.3 Å². The van der Waals surface area contributed by atoms with Gasteiger partial charge in [-0.3, -0.25) is 0 Å². The molecule has 0 bridgehead atoms. The van der Waals surface area contributed by atoms with E-state index in [4.69, 9.17) is 11.6 Å². The van der Waals surface area contributed by atoms with Crippen molar-refractivity contribution < 1.29 is 0 Å². The Bertz CT molecular complexity index is 483. The van der Waals surface area contributed by atoms with Crippen LogP contribution in [0.1, 0.15) is 4.88 Å². The van der Waals surface area contributed by atoms with Crippen LogP contribution in [-0.4, -0.2) is 7.05 Å². The average molecular weight is 316 g/mol. The number of benzene rings is 1. The molecular weight excluding hydrogens is 306 g/mol. The van der Waals surface area contributed by atoms with Gasteiger partial charge in [-0.25, -0.2) is 0 Å². The van der Waals surface area contributed by atoms with Crippen LogP contribution in [0, 0.1) is 6.07 Å². The lowest BCUT2D eigenvalue weighted by molar-refractivity contribution is 0.940. The van der Waals surface area contributed by atoms with Gasteiger partial charge in [0, 0.05) is 22.1 Å². The van der Waals surface area contributed by atoms with Gasteiger partial charge in [0.15, 0.2) is 0 Å². The number of hydrogen-bond donors (Lipinski definition) is 0. The van der Waals surface area contributed by atoms with Crippen LogP contribution in [0.15, 0.2) is 34.8 Å². The van der Waals surface area contributed by atoms with Gasteiger partial charge in [-0.1, -0.05) is 33.6 Å². The van der Waals surface area contributed by atoms with Crippen LogP contribution in [0.3, 0.4) is 0 Å². The van der Waals surface area contributed by atoms with Gasteiger partial charge in [-0.2, -0.15) is 0 Å². The third-order valence-electron chi connectivity index (χ3n) is 2.21. The zero-order valence-corrected chi connectivity index (χ0v) is 11.9. The van der Waals surface area contributed by atoms with E-state index in [0.717, 1.165) is 21.0 Å². The van der Waals surface area contributed by atoms with E-state index in [1.165, 1.54) is 4.88 Å². The van der Waals surface area contributed by atoms with Crippen molar-refractivity contribution in [3.05, 3.63) is 50.1 Å². The predicted octanol–water partition coefficient (Wildman–Crippen LogP) is 4.60. The van der Waals surface area contributed by atoms with Crippen molar-refractivity contribution in [1.29, 1.82) is 0 Å². The Morgan fingerprint density at radius 1 is 1.44 bits per heavy atom. The first-order chi connectivity index (χ1) is 7.65. The third kappa shape index (κ3) is 3.00. The van der Waals surface area contributed by atoms with Gasteiger partial charge >= 0.3 is 0 Å². The largest absolute Gasteiger partial charge is 0.369 e. The maximum absolute atomic E-state index is 5.90. The molecule has 0 aliphatic carbocycles. The molecule has 0 aliphatic rings. The van der Waals surface area contributed by atoms with Crippen molar-refractivity contribution in [2.75, 3.05) is 11.9 Å². The van der Waals surface area contributed by atoms with Gasteiger partial charge in [-0.05, 0) is 30.3 Å². The SMILES string of the molecule is CN(Cc1ccc(Cl)s1)c1cc[c]c(Br)c1. The molecule has 1 aromatic heterocycles. The minimum absolute atomic E-state index is 0.839. The van der Waals surface area contributed by atoms with Crippen LogP contribution >= 0.6 is 38.9 Å². The average Bonchev–Trinajstić information content (AvgIpc) is 2.64. The highest BCUT2D eigenvalue weighted by atomic mass is 79.9. The fourth-order valence-corrected chi connectivity index (χ4v) is 2.93. The highest BCUT2D eigenvalue weighted by molar-refractivity contribution is 9.10. The fraction of sp³-hybridized carbons (Fsp3) is 0.167. The maximum Gasteiger partial charge on any atom is 0.0931 e. The van der Waals surface area contributed by atoms with Crippen molar-refractivity contribution in [3.63, 3.8) is 0 Å². The summed E-state index contributed by atoms with van der Waals surface area (Å²) in [6.45, 7) is 0.869. The summed E-state index contributed by atoms with van der Waals surface area (Å²) < 4.78 is 1.81. The van der Waals surface area contributed by atoms with E-state index in [0.29, 0.717) is 0 Å². The Labute approximate surface area is 113 Å². The van der Waals surface area contributed by atoms with E-state index in [1.54, 1.807) is 11.3 Å². The quantitative estimate of drug-likeness (QED) is 0.800. The highest BCUT2D eigenvalue weighted by Gasteiger charge is 2.04. The van der Waals surface area contributed by atoms with Crippen LogP contribution < -0.4 is 4.90 Å². The van der Waals surface area contributed by atoms with Gasteiger partial charge in [0.2, 0.25) is 0 Å². The monoisotopic (exact) mass is 314 g/mol. The lowest BCUT2D eigenvalue weighted by atomic mass is 10.3. The van der Waals surface area contributed by atoms with Crippen molar-refractivity contribution >= 4 is 44.6 Å². The summed E-state index contributed by atoms with van der Waals surface area (Å²) in [5.41, 5.74) is 1.16. The lowest BCUT2D eigenvalue weighted by Gasteiger charge is -2.18. The Hall–Kier alpha value is -0.510. The second-order valence-electron chi connectivity index (χ2n) is 3.46. The summed E-state index contributed by atoms with van der Waals surface area (Å²) in [6.07, 6.45) is 0. The number of halogens is 2.